The van der Waals surface area contributed by atoms with E-state index in [-0.39, 0.29) is 24.4 Å². The molecule has 2 aromatic rings. The van der Waals surface area contributed by atoms with Crippen molar-refractivity contribution in [3.05, 3.63) is 65.5 Å². The molecular weight excluding hydrogens is 335 g/mol. The molecule has 0 heterocycles. The second-order valence-electron chi connectivity index (χ2n) is 6.52. The maximum Gasteiger partial charge on any atom is 0.338 e. The van der Waals surface area contributed by atoms with Gasteiger partial charge in [-0.1, -0.05) is 12.1 Å². The summed E-state index contributed by atoms with van der Waals surface area (Å²) in [6, 6.07) is 12.9. The van der Waals surface area contributed by atoms with E-state index >= 15 is 0 Å². The molecule has 5 nitrogen and oxygen atoms in total. The van der Waals surface area contributed by atoms with Crippen molar-refractivity contribution in [2.75, 3.05) is 18.9 Å². The van der Waals surface area contributed by atoms with Crippen LogP contribution in [0, 0.1) is 5.82 Å². The summed E-state index contributed by atoms with van der Waals surface area (Å²) < 4.78 is 18.3. The first-order valence-electron chi connectivity index (χ1n) is 8.50. The van der Waals surface area contributed by atoms with E-state index in [1.165, 1.54) is 12.1 Å². The van der Waals surface area contributed by atoms with Crippen LogP contribution in [-0.4, -0.2) is 31.6 Å². The number of ether oxygens (including phenoxy) is 1. The van der Waals surface area contributed by atoms with Gasteiger partial charge in [0.15, 0.2) is 6.54 Å². The molecule has 0 saturated carbocycles. The van der Waals surface area contributed by atoms with Crippen molar-refractivity contribution in [3.63, 3.8) is 0 Å². The third kappa shape index (κ3) is 6.29. The van der Waals surface area contributed by atoms with Gasteiger partial charge in [0.25, 0.3) is 5.91 Å². The van der Waals surface area contributed by atoms with E-state index in [0.717, 1.165) is 10.5 Å². The van der Waals surface area contributed by atoms with Gasteiger partial charge in [-0.2, -0.15) is 0 Å². The van der Waals surface area contributed by atoms with Crippen molar-refractivity contribution in [3.8, 4) is 0 Å². The zero-order valence-electron chi connectivity index (χ0n) is 15.2. The molecule has 0 radical (unpaired) electrons. The minimum atomic E-state index is -0.392. The van der Waals surface area contributed by atoms with Crippen LogP contribution in [-0.2, 0) is 16.1 Å². The lowest BCUT2D eigenvalue weighted by molar-refractivity contribution is -0.885. The minimum absolute atomic E-state index is 0.156. The molecule has 1 amide bonds. The average Bonchev–Trinajstić information content (AvgIpc) is 2.54. The highest BCUT2D eigenvalue weighted by Gasteiger charge is 2.13. The lowest BCUT2D eigenvalue weighted by Gasteiger charge is -2.14. The van der Waals surface area contributed by atoms with Gasteiger partial charge in [-0.25, -0.2) is 9.18 Å². The number of esters is 1. The largest absolute Gasteiger partial charge is 0.459 e. The van der Waals surface area contributed by atoms with Gasteiger partial charge in [-0.05, 0) is 50.2 Å². The number of benzene rings is 2. The summed E-state index contributed by atoms with van der Waals surface area (Å²) in [4.78, 5) is 24.9. The Bertz CT molecular complexity index is 760. The van der Waals surface area contributed by atoms with Gasteiger partial charge >= 0.3 is 5.97 Å². The van der Waals surface area contributed by atoms with Crippen LogP contribution < -0.4 is 10.2 Å². The Morgan fingerprint density at radius 3 is 2.46 bits per heavy atom. The smallest absolute Gasteiger partial charge is 0.338 e. The lowest BCUT2D eigenvalue weighted by atomic mass is 10.2. The quantitative estimate of drug-likeness (QED) is 0.744. The molecule has 0 bridgehead atoms. The van der Waals surface area contributed by atoms with Crippen molar-refractivity contribution < 1.29 is 23.6 Å². The molecule has 0 aliphatic heterocycles. The molecule has 2 aromatic carbocycles. The van der Waals surface area contributed by atoms with Gasteiger partial charge in [0.05, 0.1) is 18.7 Å². The molecule has 0 aromatic heterocycles. The van der Waals surface area contributed by atoms with Crippen LogP contribution in [0.2, 0.25) is 0 Å². The molecule has 138 valence electrons. The third-order valence-corrected chi connectivity index (χ3v) is 3.60. The number of hydrogen-bond acceptors (Lipinski definition) is 3. The second-order valence-corrected chi connectivity index (χ2v) is 6.52. The molecule has 0 spiro atoms. The highest BCUT2D eigenvalue weighted by Crippen LogP contribution is 2.11. The zero-order chi connectivity index (χ0) is 19.1. The number of carbonyl (C=O) groups excluding carboxylic acids is 2. The lowest BCUT2D eigenvalue weighted by Crippen LogP contribution is -3.08. The van der Waals surface area contributed by atoms with Crippen LogP contribution in [0.3, 0.4) is 0 Å². The number of anilines is 1. The Balaban J connectivity index is 1.86. The summed E-state index contributed by atoms with van der Waals surface area (Å²) in [5.41, 5.74) is 1.88. The highest BCUT2D eigenvalue weighted by molar-refractivity contribution is 5.93. The first-order chi connectivity index (χ1) is 12.3. The molecule has 0 aliphatic rings. The van der Waals surface area contributed by atoms with Crippen molar-refractivity contribution >= 4 is 17.6 Å². The molecule has 1 atom stereocenters. The summed E-state index contributed by atoms with van der Waals surface area (Å²) in [6.07, 6.45) is -0.182. The summed E-state index contributed by atoms with van der Waals surface area (Å²) in [6.45, 7) is 4.36. The molecular formula is C20H24FN2O3+. The van der Waals surface area contributed by atoms with E-state index < -0.39 is 5.97 Å². The summed E-state index contributed by atoms with van der Waals surface area (Å²) in [7, 11) is 1.87. The second kappa shape index (κ2) is 9.10. The average molecular weight is 359 g/mol. The predicted molar refractivity (Wildman–Crippen MR) is 97.5 cm³/mol. The van der Waals surface area contributed by atoms with Gasteiger partial charge < -0.3 is 15.0 Å². The molecule has 1 unspecified atom stereocenters. The van der Waals surface area contributed by atoms with E-state index in [2.05, 4.69) is 5.32 Å². The molecule has 2 N–H and O–H groups in total. The number of amides is 1. The number of quaternary nitrogens is 1. The SMILES string of the molecule is CC(C)OC(=O)c1ccc(NC(=O)C[NH+](C)Cc2cccc(F)c2)cc1. The molecule has 0 fully saturated rings. The fourth-order valence-corrected chi connectivity index (χ4v) is 2.51. The summed E-state index contributed by atoms with van der Waals surface area (Å²) in [5, 5.41) is 2.79. The number of nitrogens with one attached hydrogen (secondary N) is 2. The number of rotatable bonds is 7. The predicted octanol–water partition coefficient (Wildman–Crippen LogP) is 2.04. The van der Waals surface area contributed by atoms with Crippen molar-refractivity contribution in [1.82, 2.24) is 0 Å². The number of likely N-dealkylation sites (N-methyl/N-ethyl adjacent to an activating group) is 1. The van der Waals surface area contributed by atoms with E-state index in [9.17, 15) is 14.0 Å². The topological polar surface area (TPSA) is 59.8 Å². The van der Waals surface area contributed by atoms with Crippen molar-refractivity contribution in [2.45, 2.75) is 26.5 Å². The van der Waals surface area contributed by atoms with E-state index in [1.807, 2.05) is 13.1 Å². The Hall–Kier alpha value is -2.73. The molecule has 2 rings (SSSR count). The van der Waals surface area contributed by atoms with Crippen LogP contribution in [0.5, 0.6) is 0 Å². The Morgan fingerprint density at radius 1 is 1.15 bits per heavy atom. The molecule has 6 heteroatoms. The standard InChI is InChI=1S/C20H23FN2O3/c1-14(2)26-20(25)16-7-9-18(10-8-16)22-19(24)13-23(3)12-15-5-4-6-17(21)11-15/h4-11,14H,12-13H2,1-3H3,(H,22,24)/p+1. The van der Waals surface area contributed by atoms with Crippen LogP contribution >= 0.6 is 0 Å². The third-order valence-electron chi connectivity index (χ3n) is 3.60. The first-order valence-corrected chi connectivity index (χ1v) is 8.50. The molecule has 0 aliphatic carbocycles. The van der Waals surface area contributed by atoms with Crippen LogP contribution in [0.4, 0.5) is 10.1 Å². The minimum Gasteiger partial charge on any atom is -0.459 e. The van der Waals surface area contributed by atoms with Gasteiger partial charge in [0.1, 0.15) is 12.4 Å². The summed E-state index contributed by atoms with van der Waals surface area (Å²) in [5.74, 6) is -0.829. The van der Waals surface area contributed by atoms with Crippen molar-refractivity contribution in [1.29, 1.82) is 0 Å². The van der Waals surface area contributed by atoms with Crippen LogP contribution in [0.15, 0.2) is 48.5 Å². The van der Waals surface area contributed by atoms with Gasteiger partial charge in [-0.15, -0.1) is 0 Å². The van der Waals surface area contributed by atoms with E-state index in [0.29, 0.717) is 17.8 Å². The van der Waals surface area contributed by atoms with Gasteiger partial charge in [0, 0.05) is 11.3 Å². The van der Waals surface area contributed by atoms with E-state index in [4.69, 9.17) is 4.74 Å². The Morgan fingerprint density at radius 2 is 1.85 bits per heavy atom. The Labute approximate surface area is 152 Å². The first kappa shape index (κ1) is 19.6. The zero-order valence-corrected chi connectivity index (χ0v) is 15.2. The van der Waals surface area contributed by atoms with Gasteiger partial charge in [0.2, 0.25) is 0 Å². The number of halogens is 1. The molecule has 26 heavy (non-hydrogen) atoms. The Kier molecular flexibility index (Phi) is 6.86. The van der Waals surface area contributed by atoms with Crippen LogP contribution in [0.1, 0.15) is 29.8 Å². The molecule has 0 saturated heterocycles. The van der Waals surface area contributed by atoms with Crippen molar-refractivity contribution in [2.24, 2.45) is 0 Å². The van der Waals surface area contributed by atoms with Gasteiger partial charge in [-0.3, -0.25) is 4.79 Å². The van der Waals surface area contributed by atoms with Crippen LogP contribution in [0.25, 0.3) is 0 Å². The fourth-order valence-electron chi connectivity index (χ4n) is 2.51. The highest BCUT2D eigenvalue weighted by atomic mass is 19.1. The number of carbonyl (C=O) groups is 2. The number of hydrogen-bond donors (Lipinski definition) is 2. The summed E-state index contributed by atoms with van der Waals surface area (Å²) >= 11 is 0. The fraction of sp³-hybridized carbons (Fsp3) is 0.300. The van der Waals surface area contributed by atoms with E-state index in [1.54, 1.807) is 44.2 Å². The maximum atomic E-state index is 13.2. The normalized spacial score (nSPS) is 11.9. The maximum absolute atomic E-state index is 13.2. The monoisotopic (exact) mass is 359 g/mol.